The molecule has 100 valence electrons. The van der Waals surface area contributed by atoms with Gasteiger partial charge in [-0.3, -0.25) is 4.98 Å². The Morgan fingerprint density at radius 1 is 1.11 bits per heavy atom. The van der Waals surface area contributed by atoms with Crippen LogP contribution in [0.2, 0.25) is 0 Å². The van der Waals surface area contributed by atoms with Crippen molar-refractivity contribution >= 4 is 11.8 Å². The van der Waals surface area contributed by atoms with Crippen molar-refractivity contribution in [3.63, 3.8) is 0 Å². The highest BCUT2D eigenvalue weighted by Crippen LogP contribution is 2.08. The topological polar surface area (TPSA) is 62.7 Å². The second kappa shape index (κ2) is 6.68. The molecule has 0 atom stereocenters. The maximum atomic E-state index is 4.39. The molecule has 0 saturated heterocycles. The largest absolute Gasteiger partial charge is 0.366 e. The Morgan fingerprint density at radius 3 is 2.74 bits per heavy atom. The van der Waals surface area contributed by atoms with E-state index in [9.17, 15) is 0 Å². The lowest BCUT2D eigenvalue weighted by molar-refractivity contribution is 0.950. The van der Waals surface area contributed by atoms with Crippen LogP contribution in [0.5, 0.6) is 0 Å². The lowest BCUT2D eigenvalue weighted by atomic mass is 10.2. The predicted molar refractivity (Wildman–Crippen MR) is 77.1 cm³/mol. The molecule has 2 heterocycles. The molecule has 0 radical (unpaired) electrons. The first-order chi connectivity index (χ1) is 9.28. The number of hydrogen-bond acceptors (Lipinski definition) is 5. The minimum absolute atomic E-state index is 0.661. The summed E-state index contributed by atoms with van der Waals surface area (Å²) in [6.07, 6.45) is 4.68. The second-order valence-electron chi connectivity index (χ2n) is 4.35. The van der Waals surface area contributed by atoms with E-state index in [2.05, 4.69) is 38.6 Å². The summed E-state index contributed by atoms with van der Waals surface area (Å²) >= 11 is 0. The zero-order valence-corrected chi connectivity index (χ0v) is 11.3. The van der Waals surface area contributed by atoms with Gasteiger partial charge < -0.3 is 10.6 Å². The van der Waals surface area contributed by atoms with E-state index in [1.54, 1.807) is 6.20 Å². The molecule has 0 saturated carbocycles. The molecule has 0 spiro atoms. The normalized spacial score (nSPS) is 10.2. The Kier molecular flexibility index (Phi) is 4.66. The summed E-state index contributed by atoms with van der Waals surface area (Å²) in [5.41, 5.74) is 2.16. The number of rotatable bonds is 6. The van der Waals surface area contributed by atoms with Gasteiger partial charge in [-0.25, -0.2) is 4.98 Å². The predicted octanol–water partition coefficient (Wildman–Crippen LogP) is 2.61. The molecule has 0 fully saturated rings. The van der Waals surface area contributed by atoms with E-state index in [1.807, 2.05) is 25.3 Å². The van der Waals surface area contributed by atoms with Crippen LogP contribution in [0.3, 0.4) is 0 Å². The molecular weight excluding hydrogens is 238 g/mol. The maximum Gasteiger partial charge on any atom is 0.224 e. The van der Waals surface area contributed by atoms with Crippen molar-refractivity contribution in [3.05, 3.63) is 41.9 Å². The number of aryl methyl sites for hydroxylation is 1. The molecule has 0 amide bonds. The summed E-state index contributed by atoms with van der Waals surface area (Å²) in [4.78, 5) is 12.8. The smallest absolute Gasteiger partial charge is 0.224 e. The van der Waals surface area contributed by atoms with Crippen molar-refractivity contribution in [1.82, 2.24) is 15.0 Å². The average molecular weight is 257 g/mol. The van der Waals surface area contributed by atoms with Crippen molar-refractivity contribution in [2.45, 2.75) is 26.8 Å². The van der Waals surface area contributed by atoms with Gasteiger partial charge in [-0.15, -0.1) is 0 Å². The number of anilines is 2. The molecule has 2 N–H and O–H groups in total. The van der Waals surface area contributed by atoms with Crippen molar-refractivity contribution in [3.8, 4) is 0 Å². The molecule has 0 aliphatic rings. The third-order valence-corrected chi connectivity index (χ3v) is 2.63. The van der Waals surface area contributed by atoms with E-state index in [1.165, 1.54) is 0 Å². The highest BCUT2D eigenvalue weighted by atomic mass is 15.1. The van der Waals surface area contributed by atoms with Gasteiger partial charge in [0.15, 0.2) is 0 Å². The van der Waals surface area contributed by atoms with Gasteiger partial charge in [-0.1, -0.05) is 13.0 Å². The first-order valence-electron chi connectivity index (χ1n) is 6.50. The average Bonchev–Trinajstić information content (AvgIpc) is 2.45. The summed E-state index contributed by atoms with van der Waals surface area (Å²) < 4.78 is 0. The standard InChI is InChI=1S/C14H19N5/c1-3-7-15-14-16-8-6-13(19-14)18-10-12-5-4-11(2)17-9-12/h4-6,8-9H,3,7,10H2,1-2H3,(H2,15,16,18,19). The zero-order chi connectivity index (χ0) is 13.5. The quantitative estimate of drug-likeness (QED) is 0.833. The SMILES string of the molecule is CCCNc1nccc(NCc2ccc(C)nc2)n1. The number of hydrogen-bond donors (Lipinski definition) is 2. The Hall–Kier alpha value is -2.17. The van der Waals surface area contributed by atoms with Crippen LogP contribution in [0.1, 0.15) is 24.6 Å². The number of pyridine rings is 1. The number of nitrogens with zero attached hydrogens (tertiary/aromatic N) is 3. The third-order valence-electron chi connectivity index (χ3n) is 2.63. The van der Waals surface area contributed by atoms with Crippen molar-refractivity contribution in [1.29, 1.82) is 0 Å². The van der Waals surface area contributed by atoms with Crippen LogP contribution < -0.4 is 10.6 Å². The summed E-state index contributed by atoms with van der Waals surface area (Å²) in [5, 5.41) is 6.43. The molecular formula is C14H19N5. The van der Waals surface area contributed by atoms with Gasteiger partial charge in [0.1, 0.15) is 5.82 Å². The van der Waals surface area contributed by atoms with E-state index in [-0.39, 0.29) is 0 Å². The molecule has 0 aromatic carbocycles. The van der Waals surface area contributed by atoms with E-state index >= 15 is 0 Å². The van der Waals surface area contributed by atoms with Crippen LogP contribution in [0.4, 0.5) is 11.8 Å². The fourth-order valence-corrected chi connectivity index (χ4v) is 1.57. The summed E-state index contributed by atoms with van der Waals surface area (Å²) in [6.45, 7) is 5.68. The lowest BCUT2D eigenvalue weighted by Gasteiger charge is -2.07. The summed E-state index contributed by atoms with van der Waals surface area (Å²) in [5.74, 6) is 1.48. The molecule has 2 aromatic heterocycles. The Labute approximate surface area is 113 Å². The van der Waals surface area contributed by atoms with Crippen LogP contribution in [0.15, 0.2) is 30.6 Å². The molecule has 5 heteroatoms. The molecule has 5 nitrogen and oxygen atoms in total. The Bertz CT molecular complexity index is 509. The Morgan fingerprint density at radius 2 is 2.00 bits per heavy atom. The Balaban J connectivity index is 1.93. The van der Waals surface area contributed by atoms with Crippen molar-refractivity contribution in [2.75, 3.05) is 17.2 Å². The molecule has 2 rings (SSSR count). The van der Waals surface area contributed by atoms with Gasteiger partial charge >= 0.3 is 0 Å². The van der Waals surface area contributed by atoms with Gasteiger partial charge in [0.05, 0.1) is 0 Å². The fraction of sp³-hybridized carbons (Fsp3) is 0.357. The van der Waals surface area contributed by atoms with E-state index in [0.717, 1.165) is 30.0 Å². The second-order valence-corrected chi connectivity index (χ2v) is 4.35. The van der Waals surface area contributed by atoms with E-state index < -0.39 is 0 Å². The van der Waals surface area contributed by atoms with Crippen LogP contribution in [-0.2, 0) is 6.54 Å². The molecule has 2 aromatic rings. The van der Waals surface area contributed by atoms with Crippen LogP contribution in [-0.4, -0.2) is 21.5 Å². The molecule has 0 aliphatic heterocycles. The maximum absolute atomic E-state index is 4.39. The van der Waals surface area contributed by atoms with Gasteiger partial charge in [-0.2, -0.15) is 4.98 Å². The molecule has 0 bridgehead atoms. The molecule has 0 unspecified atom stereocenters. The highest BCUT2D eigenvalue weighted by molar-refractivity contribution is 5.40. The van der Waals surface area contributed by atoms with Crippen LogP contribution >= 0.6 is 0 Å². The summed E-state index contributed by atoms with van der Waals surface area (Å²) in [6, 6.07) is 5.93. The highest BCUT2D eigenvalue weighted by Gasteiger charge is 1.99. The molecule has 0 aliphatic carbocycles. The first-order valence-corrected chi connectivity index (χ1v) is 6.50. The van der Waals surface area contributed by atoms with Gasteiger partial charge in [0.25, 0.3) is 0 Å². The fourth-order valence-electron chi connectivity index (χ4n) is 1.57. The van der Waals surface area contributed by atoms with Crippen LogP contribution in [0.25, 0.3) is 0 Å². The van der Waals surface area contributed by atoms with E-state index in [0.29, 0.717) is 12.5 Å². The number of nitrogens with one attached hydrogen (secondary N) is 2. The monoisotopic (exact) mass is 257 g/mol. The van der Waals surface area contributed by atoms with Crippen molar-refractivity contribution in [2.24, 2.45) is 0 Å². The van der Waals surface area contributed by atoms with Crippen molar-refractivity contribution < 1.29 is 0 Å². The van der Waals surface area contributed by atoms with Gasteiger partial charge in [-0.05, 0) is 31.0 Å². The zero-order valence-electron chi connectivity index (χ0n) is 11.3. The minimum atomic E-state index is 0.661. The first kappa shape index (κ1) is 13.3. The minimum Gasteiger partial charge on any atom is -0.366 e. The molecule has 19 heavy (non-hydrogen) atoms. The van der Waals surface area contributed by atoms with Crippen LogP contribution in [0, 0.1) is 6.92 Å². The third kappa shape index (κ3) is 4.21. The van der Waals surface area contributed by atoms with Gasteiger partial charge in [0, 0.05) is 31.2 Å². The summed E-state index contributed by atoms with van der Waals surface area (Å²) in [7, 11) is 0. The van der Waals surface area contributed by atoms with Gasteiger partial charge in [0.2, 0.25) is 5.95 Å². The number of aromatic nitrogens is 3. The van der Waals surface area contributed by atoms with E-state index in [4.69, 9.17) is 0 Å². The lowest BCUT2D eigenvalue weighted by Crippen LogP contribution is -2.07.